The fourth-order valence-corrected chi connectivity index (χ4v) is 3.08. The van der Waals surface area contributed by atoms with Crippen molar-refractivity contribution in [3.05, 3.63) is 35.9 Å². The molecule has 0 amide bonds. The Morgan fingerprint density at radius 2 is 2.16 bits per heavy atom. The van der Waals surface area contributed by atoms with Crippen LogP contribution in [0.5, 0.6) is 0 Å². The maximum Gasteiger partial charge on any atom is 0.0558 e. The molecular formula is C16H26N2O. The molecule has 1 aliphatic rings. The van der Waals surface area contributed by atoms with Crippen molar-refractivity contribution < 1.29 is 5.11 Å². The predicted molar refractivity (Wildman–Crippen MR) is 79.2 cm³/mol. The third kappa shape index (κ3) is 4.03. The van der Waals surface area contributed by atoms with E-state index in [4.69, 9.17) is 0 Å². The highest BCUT2D eigenvalue weighted by Crippen LogP contribution is 2.24. The monoisotopic (exact) mass is 262 g/mol. The molecule has 1 fully saturated rings. The van der Waals surface area contributed by atoms with E-state index in [2.05, 4.69) is 47.5 Å². The minimum absolute atomic E-state index is 0.232. The van der Waals surface area contributed by atoms with Crippen LogP contribution < -0.4 is 5.32 Å². The summed E-state index contributed by atoms with van der Waals surface area (Å²) >= 11 is 0. The lowest BCUT2D eigenvalue weighted by Gasteiger charge is -2.33. The Morgan fingerprint density at radius 1 is 1.37 bits per heavy atom. The largest absolute Gasteiger partial charge is 0.395 e. The summed E-state index contributed by atoms with van der Waals surface area (Å²) in [6.45, 7) is 5.39. The first-order chi connectivity index (χ1) is 9.35. The average molecular weight is 262 g/mol. The fraction of sp³-hybridized carbons (Fsp3) is 0.625. The van der Waals surface area contributed by atoms with Gasteiger partial charge in [-0.3, -0.25) is 4.90 Å². The second-order valence-electron chi connectivity index (χ2n) is 5.35. The molecule has 0 bridgehead atoms. The topological polar surface area (TPSA) is 35.5 Å². The lowest BCUT2D eigenvalue weighted by atomic mass is 10.0. The zero-order valence-corrected chi connectivity index (χ0v) is 11.9. The molecule has 2 atom stereocenters. The van der Waals surface area contributed by atoms with E-state index in [1.54, 1.807) is 0 Å². The second kappa shape index (κ2) is 7.63. The lowest BCUT2D eigenvalue weighted by Crippen LogP contribution is -2.41. The maximum atomic E-state index is 9.34. The molecule has 2 N–H and O–H groups in total. The Hall–Kier alpha value is -0.900. The van der Waals surface area contributed by atoms with Gasteiger partial charge in [0.1, 0.15) is 0 Å². The molecule has 1 aliphatic heterocycles. The molecule has 1 aromatic carbocycles. The number of aliphatic hydroxyl groups excluding tert-OH is 1. The molecule has 1 aromatic rings. The predicted octanol–water partition coefficient (Wildman–Crippen LogP) is 2.18. The van der Waals surface area contributed by atoms with Gasteiger partial charge in [0.2, 0.25) is 0 Å². The van der Waals surface area contributed by atoms with Gasteiger partial charge >= 0.3 is 0 Å². The summed E-state index contributed by atoms with van der Waals surface area (Å²) in [5, 5.41) is 12.9. The molecule has 3 heteroatoms. The van der Waals surface area contributed by atoms with Crippen molar-refractivity contribution in [2.45, 2.75) is 38.3 Å². The second-order valence-corrected chi connectivity index (χ2v) is 5.35. The van der Waals surface area contributed by atoms with Gasteiger partial charge in [0.05, 0.1) is 6.61 Å². The van der Waals surface area contributed by atoms with Crippen molar-refractivity contribution in [1.29, 1.82) is 0 Å². The van der Waals surface area contributed by atoms with Gasteiger partial charge < -0.3 is 10.4 Å². The molecule has 1 saturated heterocycles. The van der Waals surface area contributed by atoms with Crippen LogP contribution >= 0.6 is 0 Å². The van der Waals surface area contributed by atoms with Crippen LogP contribution in [0.2, 0.25) is 0 Å². The number of rotatable bonds is 7. The summed E-state index contributed by atoms with van der Waals surface area (Å²) in [5.74, 6) is 0. The summed E-state index contributed by atoms with van der Waals surface area (Å²) in [5.41, 5.74) is 1.36. The van der Waals surface area contributed by atoms with Crippen LogP contribution in [0.15, 0.2) is 30.3 Å². The van der Waals surface area contributed by atoms with Crippen molar-refractivity contribution in [3.8, 4) is 0 Å². The zero-order chi connectivity index (χ0) is 13.5. The van der Waals surface area contributed by atoms with E-state index in [-0.39, 0.29) is 6.61 Å². The number of hydrogen-bond acceptors (Lipinski definition) is 3. The quantitative estimate of drug-likeness (QED) is 0.790. The van der Waals surface area contributed by atoms with Crippen molar-refractivity contribution in [3.63, 3.8) is 0 Å². The number of nitrogens with zero attached hydrogens (tertiary/aromatic N) is 1. The van der Waals surface area contributed by atoms with Gasteiger partial charge in [-0.25, -0.2) is 0 Å². The Labute approximate surface area is 116 Å². The minimum Gasteiger partial charge on any atom is -0.395 e. The third-order valence-corrected chi connectivity index (χ3v) is 4.02. The van der Waals surface area contributed by atoms with Gasteiger partial charge in [-0.15, -0.1) is 0 Å². The summed E-state index contributed by atoms with van der Waals surface area (Å²) < 4.78 is 0. The highest BCUT2D eigenvalue weighted by molar-refractivity contribution is 5.19. The number of benzene rings is 1. The van der Waals surface area contributed by atoms with Crippen LogP contribution in [0, 0.1) is 0 Å². The molecule has 1 heterocycles. The van der Waals surface area contributed by atoms with E-state index >= 15 is 0 Å². The molecule has 19 heavy (non-hydrogen) atoms. The van der Waals surface area contributed by atoms with Crippen LogP contribution in [0.4, 0.5) is 0 Å². The maximum absolute atomic E-state index is 9.34. The molecule has 2 unspecified atom stereocenters. The highest BCUT2D eigenvalue weighted by atomic mass is 16.3. The molecule has 0 radical (unpaired) electrons. The first-order valence-electron chi connectivity index (χ1n) is 7.48. The van der Waals surface area contributed by atoms with Gasteiger partial charge in [-0.05, 0) is 31.4 Å². The summed E-state index contributed by atoms with van der Waals surface area (Å²) in [4.78, 5) is 2.43. The summed E-state index contributed by atoms with van der Waals surface area (Å²) in [6, 6.07) is 11.7. The van der Waals surface area contributed by atoms with Crippen LogP contribution in [0.3, 0.4) is 0 Å². The smallest absolute Gasteiger partial charge is 0.0558 e. The molecule has 2 rings (SSSR count). The van der Waals surface area contributed by atoms with E-state index in [9.17, 15) is 5.11 Å². The van der Waals surface area contributed by atoms with Crippen LogP contribution in [-0.2, 0) is 0 Å². The number of nitrogens with one attached hydrogen (secondary N) is 1. The van der Waals surface area contributed by atoms with Gasteiger partial charge in [0.25, 0.3) is 0 Å². The van der Waals surface area contributed by atoms with E-state index < -0.39 is 0 Å². The normalized spacial score (nSPS) is 20.9. The van der Waals surface area contributed by atoms with E-state index in [1.807, 2.05) is 0 Å². The zero-order valence-electron chi connectivity index (χ0n) is 11.9. The minimum atomic E-state index is 0.232. The van der Waals surface area contributed by atoms with Gasteiger partial charge in [-0.1, -0.05) is 37.3 Å². The van der Waals surface area contributed by atoms with Gasteiger partial charge in [0.15, 0.2) is 0 Å². The Kier molecular flexibility index (Phi) is 5.83. The Balaban J connectivity index is 2.06. The van der Waals surface area contributed by atoms with Crippen molar-refractivity contribution in [2.75, 3.05) is 26.2 Å². The van der Waals surface area contributed by atoms with Crippen LogP contribution in [-0.4, -0.2) is 42.3 Å². The molecule has 0 saturated carbocycles. The van der Waals surface area contributed by atoms with Crippen molar-refractivity contribution >= 4 is 0 Å². The van der Waals surface area contributed by atoms with Crippen molar-refractivity contribution in [1.82, 2.24) is 10.2 Å². The first kappa shape index (κ1) is 14.5. The van der Waals surface area contributed by atoms with E-state index in [1.165, 1.54) is 18.4 Å². The molecule has 0 aromatic heterocycles. The van der Waals surface area contributed by atoms with Gasteiger partial charge in [0, 0.05) is 25.2 Å². The summed E-state index contributed by atoms with van der Waals surface area (Å²) in [7, 11) is 0. The number of aliphatic hydroxyl groups is 1. The van der Waals surface area contributed by atoms with Crippen LogP contribution in [0.1, 0.15) is 37.8 Å². The first-order valence-corrected chi connectivity index (χ1v) is 7.48. The average Bonchev–Trinajstić information content (AvgIpc) is 2.94. The highest BCUT2D eigenvalue weighted by Gasteiger charge is 2.23. The molecule has 0 spiro atoms. The lowest BCUT2D eigenvalue weighted by molar-refractivity contribution is 0.136. The Morgan fingerprint density at radius 3 is 2.74 bits per heavy atom. The molecule has 106 valence electrons. The summed E-state index contributed by atoms with van der Waals surface area (Å²) in [6.07, 6.45) is 3.61. The van der Waals surface area contributed by atoms with E-state index in [0.29, 0.717) is 12.1 Å². The van der Waals surface area contributed by atoms with Crippen molar-refractivity contribution in [2.24, 2.45) is 0 Å². The molecule has 3 nitrogen and oxygen atoms in total. The SMILES string of the molecule is CCC(c1ccccc1)N(CCO)CC1CCCN1. The third-order valence-electron chi connectivity index (χ3n) is 4.02. The van der Waals surface area contributed by atoms with Crippen LogP contribution in [0.25, 0.3) is 0 Å². The fourth-order valence-electron chi connectivity index (χ4n) is 3.08. The van der Waals surface area contributed by atoms with Gasteiger partial charge in [-0.2, -0.15) is 0 Å². The Bertz CT molecular complexity index is 349. The van der Waals surface area contributed by atoms with E-state index in [0.717, 1.165) is 26.1 Å². The standard InChI is InChI=1S/C16H26N2O/c1-2-16(14-7-4-3-5-8-14)18(11-12-19)13-15-9-6-10-17-15/h3-5,7-8,15-17,19H,2,6,9-13H2,1H3. The number of hydrogen-bond donors (Lipinski definition) is 2. The molecular weight excluding hydrogens is 236 g/mol. The molecule has 0 aliphatic carbocycles.